The predicted octanol–water partition coefficient (Wildman–Crippen LogP) is 2.06. The average molecular weight is 217 g/mol. The van der Waals surface area contributed by atoms with Crippen LogP contribution in [0.3, 0.4) is 0 Å². The van der Waals surface area contributed by atoms with Crippen molar-refractivity contribution in [2.24, 2.45) is 4.99 Å². The zero-order valence-electron chi connectivity index (χ0n) is 9.78. The van der Waals surface area contributed by atoms with Crippen LogP contribution in [-0.2, 0) is 0 Å². The van der Waals surface area contributed by atoms with Gasteiger partial charge in [-0.05, 0) is 18.6 Å². The van der Waals surface area contributed by atoms with E-state index in [1.165, 1.54) is 0 Å². The lowest BCUT2D eigenvalue weighted by Crippen LogP contribution is -1.98. The van der Waals surface area contributed by atoms with E-state index in [2.05, 4.69) is 10.9 Å². The third-order valence-electron chi connectivity index (χ3n) is 2.20. The molecule has 0 atom stereocenters. The molecule has 3 heteroatoms. The SMILES string of the molecule is C#CCN=Cc1c(C)ccc(OC)c1OC. The fourth-order valence-corrected chi connectivity index (χ4v) is 1.40. The Morgan fingerprint density at radius 3 is 2.69 bits per heavy atom. The molecule has 0 unspecified atom stereocenters. The second kappa shape index (κ2) is 5.82. The van der Waals surface area contributed by atoms with Crippen LogP contribution in [0.25, 0.3) is 0 Å². The molecule has 0 aliphatic heterocycles. The number of hydrogen-bond acceptors (Lipinski definition) is 3. The van der Waals surface area contributed by atoms with Crippen LogP contribution in [0.4, 0.5) is 0 Å². The van der Waals surface area contributed by atoms with Crippen LogP contribution in [0.2, 0.25) is 0 Å². The molecule has 84 valence electrons. The summed E-state index contributed by atoms with van der Waals surface area (Å²) < 4.78 is 10.5. The third-order valence-corrected chi connectivity index (χ3v) is 2.20. The van der Waals surface area contributed by atoms with Crippen molar-refractivity contribution in [3.63, 3.8) is 0 Å². The number of methoxy groups -OCH3 is 2. The highest BCUT2D eigenvalue weighted by Crippen LogP contribution is 2.31. The summed E-state index contributed by atoms with van der Waals surface area (Å²) in [5.74, 6) is 3.83. The summed E-state index contributed by atoms with van der Waals surface area (Å²) in [5, 5.41) is 0. The Morgan fingerprint density at radius 2 is 2.12 bits per heavy atom. The molecule has 0 radical (unpaired) electrons. The molecule has 16 heavy (non-hydrogen) atoms. The zero-order chi connectivity index (χ0) is 12.0. The maximum atomic E-state index is 5.31. The monoisotopic (exact) mass is 217 g/mol. The van der Waals surface area contributed by atoms with Gasteiger partial charge in [0.25, 0.3) is 0 Å². The van der Waals surface area contributed by atoms with Gasteiger partial charge in [0.15, 0.2) is 11.5 Å². The van der Waals surface area contributed by atoms with Crippen LogP contribution < -0.4 is 9.47 Å². The van der Waals surface area contributed by atoms with Gasteiger partial charge in [-0.3, -0.25) is 4.99 Å². The first-order valence-electron chi connectivity index (χ1n) is 4.89. The molecule has 0 fully saturated rings. The highest BCUT2D eigenvalue weighted by atomic mass is 16.5. The van der Waals surface area contributed by atoms with Crippen molar-refractivity contribution < 1.29 is 9.47 Å². The third kappa shape index (κ3) is 2.54. The molecule has 1 aromatic rings. The van der Waals surface area contributed by atoms with Crippen LogP contribution in [0.15, 0.2) is 17.1 Å². The summed E-state index contributed by atoms with van der Waals surface area (Å²) in [6.07, 6.45) is 6.86. The molecule has 0 saturated heterocycles. The van der Waals surface area contributed by atoms with Crippen molar-refractivity contribution in [1.29, 1.82) is 0 Å². The largest absolute Gasteiger partial charge is 0.493 e. The van der Waals surface area contributed by atoms with Gasteiger partial charge in [-0.2, -0.15) is 0 Å². The lowest BCUT2D eigenvalue weighted by molar-refractivity contribution is 0.354. The zero-order valence-corrected chi connectivity index (χ0v) is 9.78. The van der Waals surface area contributed by atoms with Crippen molar-refractivity contribution in [3.8, 4) is 23.8 Å². The molecule has 0 aliphatic carbocycles. The Hall–Kier alpha value is -1.95. The number of aliphatic imine (C=N–C) groups is 1. The Labute approximate surface area is 96.1 Å². The normalized spacial score (nSPS) is 10.1. The summed E-state index contributed by atoms with van der Waals surface area (Å²) in [7, 11) is 3.21. The molecule has 0 spiro atoms. The summed E-state index contributed by atoms with van der Waals surface area (Å²) in [5.41, 5.74) is 1.97. The van der Waals surface area contributed by atoms with Gasteiger partial charge in [0.05, 0.1) is 20.8 Å². The first kappa shape index (κ1) is 12.1. The van der Waals surface area contributed by atoms with Crippen LogP contribution in [0, 0.1) is 19.3 Å². The molecule has 0 N–H and O–H groups in total. The number of aryl methyl sites for hydroxylation is 1. The summed E-state index contributed by atoms with van der Waals surface area (Å²) >= 11 is 0. The Balaban J connectivity index is 3.19. The Kier molecular flexibility index (Phi) is 4.41. The Morgan fingerprint density at radius 1 is 1.38 bits per heavy atom. The molecule has 0 heterocycles. The topological polar surface area (TPSA) is 30.8 Å². The van der Waals surface area contributed by atoms with Crippen molar-refractivity contribution in [1.82, 2.24) is 0 Å². The van der Waals surface area contributed by atoms with Crippen LogP contribution in [0.5, 0.6) is 11.5 Å². The molecule has 0 aromatic heterocycles. The predicted molar refractivity (Wildman–Crippen MR) is 65.6 cm³/mol. The van der Waals surface area contributed by atoms with E-state index in [0.717, 1.165) is 11.1 Å². The maximum Gasteiger partial charge on any atom is 0.169 e. The fourth-order valence-electron chi connectivity index (χ4n) is 1.40. The Bertz CT molecular complexity index is 430. The molecule has 1 rings (SSSR count). The van der Waals surface area contributed by atoms with Crippen LogP contribution >= 0.6 is 0 Å². The molecule has 0 bridgehead atoms. The van der Waals surface area contributed by atoms with Crippen LogP contribution in [-0.4, -0.2) is 27.0 Å². The summed E-state index contributed by atoms with van der Waals surface area (Å²) in [4.78, 5) is 4.11. The van der Waals surface area contributed by atoms with E-state index < -0.39 is 0 Å². The summed E-state index contributed by atoms with van der Waals surface area (Å²) in [6, 6.07) is 3.82. The van der Waals surface area contributed by atoms with E-state index in [1.54, 1.807) is 20.4 Å². The number of nitrogens with zero attached hydrogens (tertiary/aromatic N) is 1. The quantitative estimate of drug-likeness (QED) is 0.571. The van der Waals surface area contributed by atoms with E-state index in [-0.39, 0.29) is 0 Å². The van der Waals surface area contributed by atoms with E-state index in [1.807, 2.05) is 19.1 Å². The molecule has 0 aliphatic rings. The number of benzene rings is 1. The van der Waals surface area contributed by atoms with Gasteiger partial charge in [-0.15, -0.1) is 6.42 Å². The van der Waals surface area contributed by atoms with Gasteiger partial charge in [-0.1, -0.05) is 12.0 Å². The molecule has 3 nitrogen and oxygen atoms in total. The standard InChI is InChI=1S/C13H15NO2/c1-5-8-14-9-11-10(2)6-7-12(15-3)13(11)16-4/h1,6-7,9H,8H2,2-4H3. The van der Waals surface area contributed by atoms with Gasteiger partial charge >= 0.3 is 0 Å². The number of rotatable bonds is 4. The highest BCUT2D eigenvalue weighted by Gasteiger charge is 2.10. The molecule has 0 amide bonds. The summed E-state index contributed by atoms with van der Waals surface area (Å²) in [6.45, 7) is 2.35. The lowest BCUT2D eigenvalue weighted by atomic mass is 10.1. The van der Waals surface area contributed by atoms with Gasteiger partial charge in [0.2, 0.25) is 0 Å². The van der Waals surface area contributed by atoms with Crippen molar-refractivity contribution in [2.45, 2.75) is 6.92 Å². The van der Waals surface area contributed by atoms with E-state index in [4.69, 9.17) is 15.9 Å². The lowest BCUT2D eigenvalue weighted by Gasteiger charge is -2.12. The minimum Gasteiger partial charge on any atom is -0.493 e. The first-order valence-corrected chi connectivity index (χ1v) is 4.89. The van der Waals surface area contributed by atoms with Crippen LogP contribution in [0.1, 0.15) is 11.1 Å². The molecular weight excluding hydrogens is 202 g/mol. The van der Waals surface area contributed by atoms with E-state index in [0.29, 0.717) is 18.0 Å². The van der Waals surface area contributed by atoms with Gasteiger partial charge in [0.1, 0.15) is 0 Å². The second-order valence-corrected chi connectivity index (χ2v) is 3.21. The van der Waals surface area contributed by atoms with Gasteiger partial charge < -0.3 is 9.47 Å². The first-order chi connectivity index (χ1) is 7.74. The number of ether oxygens (including phenoxy) is 2. The number of hydrogen-bond donors (Lipinski definition) is 0. The van der Waals surface area contributed by atoms with Gasteiger partial charge in [-0.25, -0.2) is 0 Å². The minimum atomic E-state index is 0.361. The minimum absolute atomic E-state index is 0.361. The molecular formula is C13H15NO2. The number of terminal acetylenes is 1. The average Bonchev–Trinajstić information content (AvgIpc) is 2.31. The van der Waals surface area contributed by atoms with Crippen molar-refractivity contribution in [2.75, 3.05) is 20.8 Å². The maximum absolute atomic E-state index is 5.31. The fraction of sp³-hybridized carbons (Fsp3) is 0.308. The highest BCUT2D eigenvalue weighted by molar-refractivity contribution is 5.87. The van der Waals surface area contributed by atoms with Crippen molar-refractivity contribution >= 4 is 6.21 Å². The molecule has 1 aromatic carbocycles. The smallest absolute Gasteiger partial charge is 0.169 e. The second-order valence-electron chi connectivity index (χ2n) is 3.21. The van der Waals surface area contributed by atoms with E-state index in [9.17, 15) is 0 Å². The molecule has 0 saturated carbocycles. The van der Waals surface area contributed by atoms with Gasteiger partial charge in [0, 0.05) is 11.8 Å². The van der Waals surface area contributed by atoms with Crippen molar-refractivity contribution in [3.05, 3.63) is 23.3 Å². The van der Waals surface area contributed by atoms with E-state index >= 15 is 0 Å².